The van der Waals surface area contributed by atoms with Crippen molar-refractivity contribution in [3.05, 3.63) is 28.2 Å². The zero-order valence-electron chi connectivity index (χ0n) is 9.60. The van der Waals surface area contributed by atoms with Crippen LogP contribution in [0.5, 0.6) is 0 Å². The molecule has 0 bridgehead atoms. The Morgan fingerprint density at radius 3 is 2.56 bits per heavy atom. The summed E-state index contributed by atoms with van der Waals surface area (Å²) in [5.41, 5.74) is -0.00890. The second-order valence-electron chi connectivity index (χ2n) is 4.53. The minimum Gasteiger partial charge on any atom is -0.478 e. The van der Waals surface area contributed by atoms with Gasteiger partial charge in [0.15, 0.2) is 9.84 Å². The summed E-state index contributed by atoms with van der Waals surface area (Å²) in [4.78, 5) is 10.9. The van der Waals surface area contributed by atoms with Crippen molar-refractivity contribution in [2.75, 3.05) is 5.75 Å². The van der Waals surface area contributed by atoms with Crippen LogP contribution in [0.2, 0.25) is 0 Å². The fraction of sp³-hybridized carbons (Fsp3) is 0.417. The predicted octanol–water partition coefficient (Wildman–Crippen LogP) is 2.72. The number of carboxylic acids is 1. The van der Waals surface area contributed by atoms with E-state index in [0.29, 0.717) is 4.47 Å². The minimum absolute atomic E-state index is 0.00890. The maximum absolute atomic E-state index is 12.2. The molecule has 1 aromatic carbocycles. The smallest absolute Gasteiger partial charge is 0.335 e. The Morgan fingerprint density at radius 1 is 1.39 bits per heavy atom. The summed E-state index contributed by atoms with van der Waals surface area (Å²) < 4.78 is 24.8. The fourth-order valence-corrected chi connectivity index (χ4v) is 4.73. The standard InChI is InChI=1S/C12H13BrO4S/c13-10-5-4-9(12(14)15)6-11(10)18(16,17)7-8-2-1-3-8/h4-6,8H,1-3,7H2,(H,14,15). The van der Waals surface area contributed by atoms with Crippen molar-refractivity contribution in [1.29, 1.82) is 0 Å². The molecule has 1 aliphatic carbocycles. The van der Waals surface area contributed by atoms with Crippen LogP contribution in [0.15, 0.2) is 27.6 Å². The van der Waals surface area contributed by atoms with Crippen molar-refractivity contribution < 1.29 is 18.3 Å². The van der Waals surface area contributed by atoms with Gasteiger partial charge < -0.3 is 5.11 Å². The summed E-state index contributed by atoms with van der Waals surface area (Å²) in [5.74, 6) is -0.799. The van der Waals surface area contributed by atoms with E-state index in [-0.39, 0.29) is 22.1 Å². The molecule has 0 saturated heterocycles. The molecule has 1 aromatic rings. The lowest BCUT2D eigenvalue weighted by Gasteiger charge is -2.25. The molecule has 0 unspecified atom stereocenters. The van der Waals surface area contributed by atoms with Crippen molar-refractivity contribution in [1.82, 2.24) is 0 Å². The van der Waals surface area contributed by atoms with E-state index in [1.165, 1.54) is 18.2 Å². The molecule has 0 aromatic heterocycles. The second-order valence-corrected chi connectivity index (χ2v) is 7.39. The lowest BCUT2D eigenvalue weighted by molar-refractivity contribution is 0.0696. The molecule has 1 aliphatic rings. The van der Waals surface area contributed by atoms with Crippen LogP contribution in [0.1, 0.15) is 29.6 Å². The van der Waals surface area contributed by atoms with E-state index in [1.54, 1.807) is 0 Å². The van der Waals surface area contributed by atoms with Gasteiger partial charge in [0.2, 0.25) is 0 Å². The lowest BCUT2D eigenvalue weighted by atomic mass is 9.87. The predicted molar refractivity (Wildman–Crippen MR) is 70.5 cm³/mol. The molecule has 0 spiro atoms. The molecule has 4 nitrogen and oxygen atoms in total. The van der Waals surface area contributed by atoms with E-state index in [9.17, 15) is 13.2 Å². The van der Waals surface area contributed by atoms with Gasteiger partial charge in [-0.05, 0) is 52.9 Å². The molecule has 0 heterocycles. The van der Waals surface area contributed by atoms with Gasteiger partial charge in [-0.3, -0.25) is 0 Å². The van der Waals surface area contributed by atoms with Gasteiger partial charge in [-0.1, -0.05) is 6.42 Å². The number of carbonyl (C=O) groups is 1. The van der Waals surface area contributed by atoms with Crippen LogP contribution in [0.3, 0.4) is 0 Å². The Hall–Kier alpha value is -0.880. The van der Waals surface area contributed by atoms with Crippen LogP contribution in [-0.2, 0) is 9.84 Å². The first-order valence-electron chi connectivity index (χ1n) is 5.66. The Labute approximate surface area is 114 Å². The van der Waals surface area contributed by atoms with Crippen LogP contribution in [0.4, 0.5) is 0 Å². The van der Waals surface area contributed by atoms with Crippen molar-refractivity contribution in [3.63, 3.8) is 0 Å². The van der Waals surface area contributed by atoms with Gasteiger partial charge in [0.25, 0.3) is 0 Å². The Kier molecular flexibility index (Phi) is 3.77. The normalized spacial score (nSPS) is 16.3. The number of rotatable bonds is 4. The number of benzene rings is 1. The average molecular weight is 333 g/mol. The number of hydrogen-bond acceptors (Lipinski definition) is 3. The van der Waals surface area contributed by atoms with Crippen LogP contribution in [0, 0.1) is 5.92 Å². The van der Waals surface area contributed by atoms with Gasteiger partial charge in [0.1, 0.15) is 0 Å². The van der Waals surface area contributed by atoms with Crippen molar-refractivity contribution in [2.45, 2.75) is 24.2 Å². The first-order valence-corrected chi connectivity index (χ1v) is 8.10. The van der Waals surface area contributed by atoms with Crippen LogP contribution in [-0.4, -0.2) is 25.2 Å². The van der Waals surface area contributed by atoms with Gasteiger partial charge >= 0.3 is 5.97 Å². The van der Waals surface area contributed by atoms with E-state index < -0.39 is 15.8 Å². The van der Waals surface area contributed by atoms with E-state index >= 15 is 0 Å². The molecule has 98 valence electrons. The number of sulfone groups is 1. The highest BCUT2D eigenvalue weighted by molar-refractivity contribution is 9.10. The monoisotopic (exact) mass is 332 g/mol. The molecule has 0 atom stereocenters. The number of carboxylic acid groups (broad SMARTS) is 1. The molecule has 0 amide bonds. The average Bonchev–Trinajstić information content (AvgIpc) is 2.24. The van der Waals surface area contributed by atoms with Gasteiger partial charge in [0.05, 0.1) is 16.2 Å². The lowest BCUT2D eigenvalue weighted by Crippen LogP contribution is -2.22. The molecule has 0 aliphatic heterocycles. The van der Waals surface area contributed by atoms with E-state index in [0.717, 1.165) is 19.3 Å². The number of aromatic carboxylic acids is 1. The highest BCUT2D eigenvalue weighted by atomic mass is 79.9. The maximum atomic E-state index is 12.2. The minimum atomic E-state index is -3.42. The third-order valence-electron chi connectivity index (χ3n) is 3.19. The zero-order valence-corrected chi connectivity index (χ0v) is 12.0. The summed E-state index contributed by atoms with van der Waals surface area (Å²) in [6, 6.07) is 4.08. The Morgan fingerprint density at radius 2 is 2.06 bits per heavy atom. The maximum Gasteiger partial charge on any atom is 0.335 e. The topological polar surface area (TPSA) is 71.4 Å². The number of halogens is 1. The van der Waals surface area contributed by atoms with E-state index in [2.05, 4.69) is 15.9 Å². The Balaban J connectivity index is 2.35. The second kappa shape index (κ2) is 5.01. The largest absolute Gasteiger partial charge is 0.478 e. The molecule has 0 radical (unpaired) electrons. The fourth-order valence-electron chi connectivity index (χ4n) is 1.93. The van der Waals surface area contributed by atoms with Gasteiger partial charge in [0, 0.05) is 4.47 Å². The highest BCUT2D eigenvalue weighted by Crippen LogP contribution is 2.32. The third kappa shape index (κ3) is 2.75. The van der Waals surface area contributed by atoms with Crippen molar-refractivity contribution in [3.8, 4) is 0 Å². The van der Waals surface area contributed by atoms with Crippen LogP contribution < -0.4 is 0 Å². The van der Waals surface area contributed by atoms with Gasteiger partial charge in [-0.15, -0.1) is 0 Å². The Bertz CT molecular complexity index is 576. The molecule has 6 heteroatoms. The molecule has 1 fully saturated rings. The molecular weight excluding hydrogens is 320 g/mol. The summed E-state index contributed by atoms with van der Waals surface area (Å²) in [6.07, 6.45) is 2.96. The van der Waals surface area contributed by atoms with Crippen molar-refractivity contribution in [2.24, 2.45) is 5.92 Å². The summed E-state index contributed by atoms with van der Waals surface area (Å²) >= 11 is 3.17. The summed E-state index contributed by atoms with van der Waals surface area (Å²) in [6.45, 7) is 0. The number of hydrogen-bond donors (Lipinski definition) is 1. The van der Waals surface area contributed by atoms with Gasteiger partial charge in [-0.25, -0.2) is 13.2 Å². The van der Waals surface area contributed by atoms with E-state index in [4.69, 9.17) is 5.11 Å². The first kappa shape index (κ1) is 13.5. The molecule has 1 saturated carbocycles. The van der Waals surface area contributed by atoms with Crippen molar-refractivity contribution >= 4 is 31.7 Å². The molecule has 2 rings (SSSR count). The third-order valence-corrected chi connectivity index (χ3v) is 6.07. The quantitative estimate of drug-likeness (QED) is 0.920. The SMILES string of the molecule is O=C(O)c1ccc(Br)c(S(=O)(=O)CC2CCC2)c1. The van der Waals surface area contributed by atoms with Crippen LogP contribution >= 0.6 is 15.9 Å². The highest BCUT2D eigenvalue weighted by Gasteiger charge is 2.27. The van der Waals surface area contributed by atoms with E-state index in [1.807, 2.05) is 0 Å². The van der Waals surface area contributed by atoms with Crippen LogP contribution in [0.25, 0.3) is 0 Å². The summed E-state index contributed by atoms with van der Waals surface area (Å²) in [5, 5.41) is 8.89. The summed E-state index contributed by atoms with van der Waals surface area (Å²) in [7, 11) is -3.42. The molecule has 1 N–H and O–H groups in total. The zero-order chi connectivity index (χ0) is 13.3. The molecular formula is C12H13BrO4S. The van der Waals surface area contributed by atoms with Gasteiger partial charge in [-0.2, -0.15) is 0 Å². The molecule has 18 heavy (non-hydrogen) atoms. The first-order chi connectivity index (χ1) is 8.40.